The van der Waals surface area contributed by atoms with Crippen LogP contribution in [0.5, 0.6) is 0 Å². The van der Waals surface area contributed by atoms with Crippen molar-refractivity contribution < 1.29 is 5.11 Å². The molecule has 1 fully saturated rings. The van der Waals surface area contributed by atoms with Crippen molar-refractivity contribution in [3.8, 4) is 0 Å². The maximum atomic E-state index is 10.3. The molecule has 3 unspecified atom stereocenters. The minimum absolute atomic E-state index is 0.194. The number of hydrogen-bond acceptors (Lipinski definition) is 3. The van der Waals surface area contributed by atoms with Gasteiger partial charge in [-0.15, -0.1) is 11.3 Å². The monoisotopic (exact) mass is 279 g/mol. The third kappa shape index (κ3) is 2.59. The number of fused-ring (bicyclic) bond motifs is 1. The Balaban J connectivity index is 1.83. The molecule has 0 saturated heterocycles. The van der Waals surface area contributed by atoms with Gasteiger partial charge in [0.1, 0.15) is 0 Å². The lowest BCUT2D eigenvalue weighted by atomic mass is 9.77. The van der Waals surface area contributed by atoms with Crippen LogP contribution in [-0.4, -0.2) is 10.1 Å². The summed E-state index contributed by atoms with van der Waals surface area (Å²) in [6, 6.07) is 0. The van der Waals surface area contributed by atoms with Gasteiger partial charge in [-0.1, -0.05) is 27.2 Å². The molecule has 2 nitrogen and oxygen atoms in total. The van der Waals surface area contributed by atoms with E-state index < -0.39 is 0 Å². The Labute approximate surface area is 120 Å². The van der Waals surface area contributed by atoms with Crippen LogP contribution in [0.4, 0.5) is 0 Å². The van der Waals surface area contributed by atoms with Gasteiger partial charge >= 0.3 is 0 Å². The second-order valence-electron chi connectivity index (χ2n) is 7.21. The van der Waals surface area contributed by atoms with Gasteiger partial charge < -0.3 is 5.11 Å². The van der Waals surface area contributed by atoms with Crippen molar-refractivity contribution in [2.24, 2.45) is 11.3 Å². The van der Waals surface area contributed by atoms with E-state index in [0.29, 0.717) is 5.92 Å². The summed E-state index contributed by atoms with van der Waals surface area (Å²) in [5.41, 5.74) is 1.38. The van der Waals surface area contributed by atoms with E-state index in [-0.39, 0.29) is 11.5 Å². The Kier molecular flexibility index (Phi) is 3.46. The van der Waals surface area contributed by atoms with E-state index in [1.54, 1.807) is 11.3 Å². The molecule has 0 aliphatic heterocycles. The average Bonchev–Trinajstić information content (AvgIpc) is 2.92. The second-order valence-corrected chi connectivity index (χ2v) is 8.27. The van der Waals surface area contributed by atoms with Crippen LogP contribution in [0.15, 0.2) is 0 Å². The first-order valence-electron chi connectivity index (χ1n) is 7.66. The molecule has 2 aliphatic carbocycles. The van der Waals surface area contributed by atoms with Crippen LogP contribution < -0.4 is 0 Å². The number of aliphatic hydroxyl groups is 1. The fourth-order valence-electron chi connectivity index (χ4n) is 3.76. The first-order chi connectivity index (χ1) is 8.98. The summed E-state index contributed by atoms with van der Waals surface area (Å²) in [4.78, 5) is 6.07. The molecule has 3 heteroatoms. The highest BCUT2D eigenvalue weighted by atomic mass is 32.1. The topological polar surface area (TPSA) is 33.1 Å². The van der Waals surface area contributed by atoms with Gasteiger partial charge in [0.05, 0.1) is 21.7 Å². The lowest BCUT2D eigenvalue weighted by Gasteiger charge is -2.31. The molecule has 0 radical (unpaired) electrons. The Morgan fingerprint density at radius 1 is 1.37 bits per heavy atom. The molecule has 1 N–H and O–H groups in total. The van der Waals surface area contributed by atoms with E-state index >= 15 is 0 Å². The molecule has 1 saturated carbocycles. The summed E-state index contributed by atoms with van der Waals surface area (Å²) in [7, 11) is 0. The quantitative estimate of drug-likeness (QED) is 0.868. The van der Waals surface area contributed by atoms with Gasteiger partial charge in [-0.3, -0.25) is 0 Å². The minimum atomic E-state index is -0.284. The Hall–Kier alpha value is -0.410. The Morgan fingerprint density at radius 2 is 2.16 bits per heavy atom. The largest absolute Gasteiger partial charge is 0.387 e. The molecule has 19 heavy (non-hydrogen) atoms. The van der Waals surface area contributed by atoms with E-state index in [4.69, 9.17) is 4.98 Å². The highest BCUT2D eigenvalue weighted by molar-refractivity contribution is 7.11. The normalized spacial score (nSPS) is 33.4. The van der Waals surface area contributed by atoms with Gasteiger partial charge in [0, 0.05) is 5.92 Å². The van der Waals surface area contributed by atoms with Crippen molar-refractivity contribution in [1.29, 1.82) is 0 Å². The molecule has 1 heterocycles. The molecular formula is C16H25NOS. The van der Waals surface area contributed by atoms with Gasteiger partial charge in [0.15, 0.2) is 0 Å². The smallest absolute Gasteiger partial charge is 0.0963 e. The molecule has 1 aromatic heterocycles. The molecule has 0 aromatic carbocycles. The van der Waals surface area contributed by atoms with Crippen molar-refractivity contribution in [3.05, 3.63) is 15.6 Å². The summed E-state index contributed by atoms with van der Waals surface area (Å²) in [6.07, 6.45) is 6.89. The van der Waals surface area contributed by atoms with Crippen molar-refractivity contribution in [2.45, 2.75) is 71.3 Å². The minimum Gasteiger partial charge on any atom is -0.387 e. The Bertz CT molecular complexity index is 465. The number of aromatic nitrogens is 1. The third-order valence-corrected chi connectivity index (χ3v) is 6.27. The fraction of sp³-hybridized carbons (Fsp3) is 0.812. The first kappa shape index (κ1) is 13.6. The number of rotatable bonds is 2. The lowest BCUT2D eigenvalue weighted by molar-refractivity contribution is 0.102. The molecule has 2 aliphatic rings. The zero-order valence-electron chi connectivity index (χ0n) is 12.3. The van der Waals surface area contributed by atoms with Crippen LogP contribution in [0.1, 0.15) is 80.5 Å². The first-order valence-corrected chi connectivity index (χ1v) is 8.47. The van der Waals surface area contributed by atoms with Gasteiger partial charge in [-0.05, 0) is 43.4 Å². The molecule has 0 spiro atoms. The van der Waals surface area contributed by atoms with Crippen LogP contribution in [-0.2, 0) is 6.42 Å². The summed E-state index contributed by atoms with van der Waals surface area (Å²) >= 11 is 1.79. The molecule has 0 amide bonds. The maximum absolute atomic E-state index is 10.3. The van der Waals surface area contributed by atoms with Crippen molar-refractivity contribution >= 4 is 11.3 Å². The molecule has 3 rings (SSSR count). The second kappa shape index (κ2) is 4.85. The summed E-state index contributed by atoms with van der Waals surface area (Å²) < 4.78 is 0. The van der Waals surface area contributed by atoms with Gasteiger partial charge in [0.25, 0.3) is 0 Å². The van der Waals surface area contributed by atoms with Crippen molar-refractivity contribution in [1.82, 2.24) is 4.98 Å². The molecule has 106 valence electrons. The number of aliphatic hydroxyl groups excluding tert-OH is 1. The maximum Gasteiger partial charge on any atom is 0.0963 e. The van der Waals surface area contributed by atoms with E-state index in [9.17, 15) is 5.11 Å². The van der Waals surface area contributed by atoms with Crippen LogP contribution in [0.3, 0.4) is 0 Å². The lowest BCUT2D eigenvalue weighted by Crippen LogP contribution is -2.24. The van der Waals surface area contributed by atoms with Crippen LogP contribution in [0.2, 0.25) is 0 Å². The zero-order valence-corrected chi connectivity index (χ0v) is 13.1. The SMILES string of the molecule is CCC1CCC(c2nc3c(s2)C(O)CC(C)(C)C3)C1. The number of thiazole rings is 1. The fourth-order valence-corrected chi connectivity index (χ4v) is 4.97. The summed E-state index contributed by atoms with van der Waals surface area (Å²) in [5, 5.41) is 11.6. The van der Waals surface area contributed by atoms with E-state index in [0.717, 1.165) is 23.6 Å². The molecular weight excluding hydrogens is 254 g/mol. The Morgan fingerprint density at radius 3 is 2.84 bits per heavy atom. The summed E-state index contributed by atoms with van der Waals surface area (Å²) in [6.45, 7) is 6.77. The van der Waals surface area contributed by atoms with E-state index in [1.807, 2.05) is 0 Å². The zero-order chi connectivity index (χ0) is 13.6. The molecule has 0 bridgehead atoms. The predicted molar refractivity (Wildman–Crippen MR) is 79.5 cm³/mol. The van der Waals surface area contributed by atoms with Crippen molar-refractivity contribution in [2.75, 3.05) is 0 Å². The van der Waals surface area contributed by atoms with E-state index in [2.05, 4.69) is 20.8 Å². The van der Waals surface area contributed by atoms with Crippen LogP contribution in [0.25, 0.3) is 0 Å². The van der Waals surface area contributed by atoms with E-state index in [1.165, 1.54) is 36.4 Å². The van der Waals surface area contributed by atoms with Gasteiger partial charge in [0.2, 0.25) is 0 Å². The molecule has 3 atom stereocenters. The molecule has 1 aromatic rings. The number of hydrogen-bond donors (Lipinski definition) is 1. The average molecular weight is 279 g/mol. The van der Waals surface area contributed by atoms with Crippen LogP contribution in [0, 0.1) is 11.3 Å². The van der Waals surface area contributed by atoms with Gasteiger partial charge in [-0.25, -0.2) is 4.98 Å². The van der Waals surface area contributed by atoms with Gasteiger partial charge in [-0.2, -0.15) is 0 Å². The van der Waals surface area contributed by atoms with Crippen LogP contribution >= 0.6 is 11.3 Å². The predicted octanol–water partition coefficient (Wildman–Crippen LogP) is 4.44. The van der Waals surface area contributed by atoms with Crippen molar-refractivity contribution in [3.63, 3.8) is 0 Å². The highest BCUT2D eigenvalue weighted by Crippen LogP contribution is 2.47. The highest BCUT2D eigenvalue weighted by Gasteiger charge is 2.36. The summed E-state index contributed by atoms with van der Waals surface area (Å²) in [5.74, 6) is 1.56. The number of nitrogens with zero attached hydrogens (tertiary/aromatic N) is 1. The standard InChI is InChI=1S/C16H25NOS/c1-4-10-5-6-11(7-10)15-17-12-8-16(2,3)9-13(18)14(12)19-15/h10-11,13,18H,4-9H2,1-3H3. The third-order valence-electron chi connectivity index (χ3n) is 4.91.